The lowest BCUT2D eigenvalue weighted by molar-refractivity contribution is -0.145. The maximum atomic E-state index is 14.0. The number of carbonyl (C=O) groups excluding carboxylic acids is 5. The topological polar surface area (TPSA) is 188 Å². The van der Waals surface area contributed by atoms with E-state index in [1.54, 1.807) is 34.6 Å². The minimum absolute atomic E-state index is 0.0222. The summed E-state index contributed by atoms with van der Waals surface area (Å²) in [5, 5.41) is 17.6. The van der Waals surface area contributed by atoms with E-state index in [2.05, 4.69) is 16.0 Å². The Bertz CT molecular complexity index is 1020. The number of aliphatic carboxylic acids is 1. The molecule has 0 aromatic rings. The number of carboxylic acid groups (broad SMARTS) is 1. The number of nitrogens with zero attached hydrogens (tertiary/aromatic N) is 1. The number of ketones is 1. The number of hydrogen-bond acceptors (Lipinski definition) is 6. The fraction of sp³-hybridized carbons (Fsp3) is 0.786. The van der Waals surface area contributed by atoms with Gasteiger partial charge in [0.15, 0.2) is 0 Å². The lowest BCUT2D eigenvalue weighted by Gasteiger charge is -2.38. The van der Waals surface area contributed by atoms with Gasteiger partial charge >= 0.3 is 12.0 Å². The molecule has 5 amide bonds. The van der Waals surface area contributed by atoms with Gasteiger partial charge < -0.3 is 31.7 Å². The van der Waals surface area contributed by atoms with Crippen LogP contribution >= 0.6 is 0 Å². The van der Waals surface area contributed by atoms with Gasteiger partial charge in [0, 0.05) is 6.54 Å². The van der Waals surface area contributed by atoms with Gasteiger partial charge in [0.1, 0.15) is 17.6 Å². The van der Waals surface area contributed by atoms with Crippen LogP contribution in [0.5, 0.6) is 0 Å². The average molecular weight is 566 g/mol. The van der Waals surface area contributed by atoms with Gasteiger partial charge in [0.05, 0.1) is 6.04 Å². The van der Waals surface area contributed by atoms with Crippen molar-refractivity contribution < 1.29 is 33.9 Å². The van der Waals surface area contributed by atoms with Crippen molar-refractivity contribution in [3.63, 3.8) is 0 Å². The first kappa shape index (κ1) is 33.0. The highest BCUT2D eigenvalue weighted by Crippen LogP contribution is 2.35. The molecule has 0 radical (unpaired) electrons. The molecule has 1 saturated carbocycles. The Morgan fingerprint density at radius 3 is 1.95 bits per heavy atom. The second kappa shape index (κ2) is 12.6. The zero-order valence-electron chi connectivity index (χ0n) is 25.0. The van der Waals surface area contributed by atoms with E-state index < -0.39 is 70.5 Å². The fourth-order valence-electron chi connectivity index (χ4n) is 5.11. The second-order valence-electron chi connectivity index (χ2n) is 13.2. The molecule has 40 heavy (non-hydrogen) atoms. The summed E-state index contributed by atoms with van der Waals surface area (Å²) in [4.78, 5) is 78.1. The molecule has 1 saturated heterocycles. The van der Waals surface area contributed by atoms with Gasteiger partial charge in [-0.2, -0.15) is 0 Å². The lowest BCUT2D eigenvalue weighted by Crippen LogP contribution is -2.64. The first-order chi connectivity index (χ1) is 18.3. The summed E-state index contributed by atoms with van der Waals surface area (Å²) in [5.41, 5.74) is 2.88. The van der Waals surface area contributed by atoms with Crippen molar-refractivity contribution >= 4 is 35.5 Å². The SMILES string of the molecule is CC(C)[C@H]1CCN(C(=O)[C@@H](NC(=O)N[C@](C)(C(=O)O)C(C)C)C(C)(C)C)[C@@H]1C(=O)NC(CC1CC1)C(=O)C(N)=O. The molecule has 1 aliphatic carbocycles. The van der Waals surface area contributed by atoms with E-state index in [1.807, 2.05) is 13.8 Å². The maximum Gasteiger partial charge on any atom is 0.329 e. The van der Waals surface area contributed by atoms with Crippen LogP contribution in [0.15, 0.2) is 0 Å². The number of urea groups is 1. The van der Waals surface area contributed by atoms with Crippen LogP contribution < -0.4 is 21.7 Å². The third-order valence-electron chi connectivity index (χ3n) is 8.36. The largest absolute Gasteiger partial charge is 0.480 e. The van der Waals surface area contributed by atoms with E-state index in [1.165, 1.54) is 11.8 Å². The van der Waals surface area contributed by atoms with E-state index in [-0.39, 0.29) is 24.3 Å². The number of rotatable bonds is 12. The number of likely N-dealkylation sites (tertiary alicyclic amines) is 1. The third-order valence-corrected chi connectivity index (χ3v) is 8.36. The zero-order chi connectivity index (χ0) is 30.7. The molecule has 226 valence electrons. The molecular weight excluding hydrogens is 518 g/mol. The molecule has 0 aromatic carbocycles. The molecule has 12 heteroatoms. The number of nitrogens with two attached hydrogens (primary N) is 1. The van der Waals surface area contributed by atoms with Gasteiger partial charge in [-0.25, -0.2) is 9.59 Å². The van der Waals surface area contributed by atoms with Crippen molar-refractivity contribution in [2.75, 3.05) is 6.54 Å². The molecule has 2 fully saturated rings. The van der Waals surface area contributed by atoms with Crippen LogP contribution in [0.25, 0.3) is 0 Å². The summed E-state index contributed by atoms with van der Waals surface area (Å²) in [6.07, 6.45) is 2.65. The Morgan fingerprint density at radius 2 is 1.52 bits per heavy atom. The van der Waals surface area contributed by atoms with Crippen LogP contribution in [-0.2, 0) is 24.0 Å². The van der Waals surface area contributed by atoms with Crippen LogP contribution in [0, 0.1) is 29.1 Å². The molecule has 1 unspecified atom stereocenters. The quantitative estimate of drug-likeness (QED) is 0.221. The van der Waals surface area contributed by atoms with E-state index in [0.717, 1.165) is 12.8 Å². The van der Waals surface area contributed by atoms with Gasteiger partial charge in [0.25, 0.3) is 5.91 Å². The van der Waals surface area contributed by atoms with Gasteiger partial charge in [-0.15, -0.1) is 0 Å². The van der Waals surface area contributed by atoms with Crippen molar-refractivity contribution in [1.29, 1.82) is 0 Å². The van der Waals surface area contributed by atoms with Crippen molar-refractivity contribution in [2.45, 2.75) is 105 Å². The molecule has 0 aromatic heterocycles. The van der Waals surface area contributed by atoms with Crippen molar-refractivity contribution in [2.24, 2.45) is 34.8 Å². The molecule has 6 N–H and O–H groups in total. The highest BCUT2D eigenvalue weighted by atomic mass is 16.4. The van der Waals surface area contributed by atoms with Crippen LogP contribution in [0.3, 0.4) is 0 Å². The first-order valence-electron chi connectivity index (χ1n) is 14.1. The number of amides is 5. The van der Waals surface area contributed by atoms with Gasteiger partial charge in [0.2, 0.25) is 17.6 Å². The Labute approximate surface area is 236 Å². The number of carbonyl (C=O) groups is 6. The summed E-state index contributed by atoms with van der Waals surface area (Å²) in [6, 6.07) is -3.89. The molecule has 2 rings (SSSR count). The summed E-state index contributed by atoms with van der Waals surface area (Å²) in [7, 11) is 0. The second-order valence-corrected chi connectivity index (χ2v) is 13.2. The molecule has 1 heterocycles. The zero-order valence-corrected chi connectivity index (χ0v) is 25.0. The normalized spacial score (nSPS) is 22.3. The maximum absolute atomic E-state index is 14.0. The molecule has 0 spiro atoms. The number of Topliss-reactive ketones (excluding diaryl/α,β-unsaturated/α-hetero) is 1. The molecule has 12 nitrogen and oxygen atoms in total. The van der Waals surface area contributed by atoms with Crippen LogP contribution in [0.2, 0.25) is 0 Å². The fourth-order valence-corrected chi connectivity index (χ4v) is 5.11. The predicted molar refractivity (Wildman–Crippen MR) is 148 cm³/mol. The van der Waals surface area contributed by atoms with E-state index >= 15 is 0 Å². The van der Waals surface area contributed by atoms with E-state index in [4.69, 9.17) is 5.73 Å². The molecule has 1 aliphatic heterocycles. The summed E-state index contributed by atoms with van der Waals surface area (Å²) in [5.74, 6) is -4.64. The number of nitrogens with one attached hydrogen (secondary N) is 3. The van der Waals surface area contributed by atoms with Gasteiger partial charge in [-0.05, 0) is 48.9 Å². The Balaban J connectivity index is 2.34. The van der Waals surface area contributed by atoms with Crippen LogP contribution in [0.1, 0.15) is 81.1 Å². The molecule has 5 atom stereocenters. The Kier molecular flexibility index (Phi) is 10.4. The van der Waals surface area contributed by atoms with E-state index in [0.29, 0.717) is 12.8 Å². The van der Waals surface area contributed by atoms with Crippen LogP contribution in [-0.4, -0.2) is 75.7 Å². The summed E-state index contributed by atoms with van der Waals surface area (Å²) < 4.78 is 0. The van der Waals surface area contributed by atoms with E-state index in [9.17, 15) is 33.9 Å². The highest BCUT2D eigenvalue weighted by molar-refractivity contribution is 6.37. The van der Waals surface area contributed by atoms with Crippen molar-refractivity contribution in [3.8, 4) is 0 Å². The van der Waals surface area contributed by atoms with Gasteiger partial charge in [-0.3, -0.25) is 19.2 Å². The minimum atomic E-state index is -1.57. The molecule has 2 aliphatic rings. The van der Waals surface area contributed by atoms with Gasteiger partial charge in [-0.1, -0.05) is 61.3 Å². The number of carboxylic acids is 1. The molecular formula is C28H47N5O7. The third kappa shape index (κ3) is 7.72. The Hall–Kier alpha value is -3.18. The Morgan fingerprint density at radius 1 is 0.950 bits per heavy atom. The number of primary amides is 1. The molecule has 0 bridgehead atoms. The smallest absolute Gasteiger partial charge is 0.329 e. The first-order valence-corrected chi connectivity index (χ1v) is 14.1. The number of hydrogen-bond donors (Lipinski definition) is 5. The summed E-state index contributed by atoms with van der Waals surface area (Å²) in [6.45, 7) is 14.2. The lowest BCUT2D eigenvalue weighted by atomic mass is 9.84. The minimum Gasteiger partial charge on any atom is -0.480 e. The van der Waals surface area contributed by atoms with Crippen molar-refractivity contribution in [3.05, 3.63) is 0 Å². The summed E-state index contributed by atoms with van der Waals surface area (Å²) >= 11 is 0. The monoisotopic (exact) mass is 565 g/mol. The highest BCUT2D eigenvalue weighted by Gasteiger charge is 2.48. The average Bonchev–Trinajstić information content (AvgIpc) is 3.53. The van der Waals surface area contributed by atoms with Crippen LogP contribution in [0.4, 0.5) is 4.79 Å². The predicted octanol–water partition coefficient (Wildman–Crippen LogP) is 1.41. The standard InChI is InChI=1S/C28H47N5O7/c1-14(2)17-11-12-33(19(17)23(36)30-18(13-16-9-10-16)20(34)22(29)35)24(37)21(27(5,6)7)31-26(40)32-28(8,15(3)4)25(38)39/h14-19,21H,9-13H2,1-8H3,(H2,29,35)(H,30,36)(H,38,39)(H2,31,32,40)/t17-,18?,19+,21-,28+/m1/s1. The van der Waals surface area contributed by atoms with Crippen molar-refractivity contribution in [1.82, 2.24) is 20.9 Å².